The van der Waals surface area contributed by atoms with Gasteiger partial charge >= 0.3 is 0 Å². The number of hydrogen-bond donors (Lipinski definition) is 1. The van der Waals surface area contributed by atoms with Crippen molar-refractivity contribution < 1.29 is 9.53 Å². The second-order valence-electron chi connectivity index (χ2n) is 7.95. The van der Waals surface area contributed by atoms with Gasteiger partial charge < -0.3 is 14.4 Å². The fourth-order valence-electron chi connectivity index (χ4n) is 2.40. The molecule has 1 fully saturated rings. The Kier molecular flexibility index (Phi) is 7.33. The lowest BCUT2D eigenvalue weighted by Crippen LogP contribution is -2.48. The molecule has 126 valence electrons. The van der Waals surface area contributed by atoms with Crippen LogP contribution in [0.15, 0.2) is 0 Å². The molecule has 1 N–H and O–H groups in total. The highest BCUT2D eigenvalue weighted by Gasteiger charge is 2.36. The Morgan fingerprint density at radius 3 is 2.10 bits per heavy atom. The SMILES string of the molecule is CC(O)CN1CCN(CCCO[Si](C)(C)C(C)(C)C)CC1. The molecule has 1 rings (SSSR count). The topological polar surface area (TPSA) is 35.9 Å². The summed E-state index contributed by atoms with van der Waals surface area (Å²) < 4.78 is 6.23. The molecule has 0 aromatic rings. The Morgan fingerprint density at radius 2 is 1.62 bits per heavy atom. The van der Waals surface area contributed by atoms with Crippen molar-refractivity contribution in [2.75, 3.05) is 45.9 Å². The first-order valence-electron chi connectivity index (χ1n) is 8.38. The van der Waals surface area contributed by atoms with Crippen LogP contribution in [0.4, 0.5) is 0 Å². The first-order chi connectivity index (χ1) is 9.62. The molecule has 1 saturated heterocycles. The van der Waals surface area contributed by atoms with E-state index in [1.165, 1.54) is 0 Å². The van der Waals surface area contributed by atoms with E-state index in [2.05, 4.69) is 43.7 Å². The highest BCUT2D eigenvalue weighted by atomic mass is 28.4. The van der Waals surface area contributed by atoms with Gasteiger partial charge in [0, 0.05) is 45.9 Å². The van der Waals surface area contributed by atoms with E-state index in [0.29, 0.717) is 5.04 Å². The van der Waals surface area contributed by atoms with Gasteiger partial charge in [-0.3, -0.25) is 4.90 Å². The summed E-state index contributed by atoms with van der Waals surface area (Å²) in [5.74, 6) is 0. The number of hydrogen-bond acceptors (Lipinski definition) is 4. The maximum atomic E-state index is 9.42. The van der Waals surface area contributed by atoms with E-state index >= 15 is 0 Å². The van der Waals surface area contributed by atoms with E-state index in [-0.39, 0.29) is 6.10 Å². The number of piperazine rings is 1. The average Bonchev–Trinajstić information content (AvgIpc) is 2.34. The van der Waals surface area contributed by atoms with E-state index in [1.807, 2.05) is 6.92 Å². The first-order valence-corrected chi connectivity index (χ1v) is 11.3. The van der Waals surface area contributed by atoms with Crippen molar-refractivity contribution in [3.8, 4) is 0 Å². The maximum Gasteiger partial charge on any atom is 0.191 e. The standard InChI is InChI=1S/C16H36N2O2Si/c1-15(19)14-18-11-9-17(10-12-18)8-7-13-20-21(5,6)16(2,3)4/h15,19H,7-14H2,1-6H3. The van der Waals surface area contributed by atoms with Crippen molar-refractivity contribution in [3.05, 3.63) is 0 Å². The lowest BCUT2D eigenvalue weighted by molar-refractivity contribution is 0.0784. The maximum absolute atomic E-state index is 9.42. The van der Waals surface area contributed by atoms with Crippen LogP contribution in [0.3, 0.4) is 0 Å². The van der Waals surface area contributed by atoms with E-state index in [4.69, 9.17) is 4.43 Å². The van der Waals surface area contributed by atoms with Crippen molar-refractivity contribution in [1.29, 1.82) is 0 Å². The molecule has 1 unspecified atom stereocenters. The largest absolute Gasteiger partial charge is 0.417 e. The van der Waals surface area contributed by atoms with Crippen molar-refractivity contribution in [3.63, 3.8) is 0 Å². The number of nitrogens with zero attached hydrogens (tertiary/aromatic N) is 2. The molecule has 0 saturated carbocycles. The molecule has 0 radical (unpaired) electrons. The lowest BCUT2D eigenvalue weighted by atomic mass is 10.2. The third-order valence-corrected chi connectivity index (χ3v) is 9.41. The van der Waals surface area contributed by atoms with Crippen LogP contribution in [-0.2, 0) is 4.43 Å². The van der Waals surface area contributed by atoms with E-state index < -0.39 is 8.32 Å². The molecule has 0 bridgehead atoms. The average molecular weight is 317 g/mol. The van der Waals surface area contributed by atoms with Gasteiger partial charge in [0.25, 0.3) is 0 Å². The molecule has 0 amide bonds. The van der Waals surface area contributed by atoms with E-state index in [1.54, 1.807) is 0 Å². The Morgan fingerprint density at radius 1 is 1.10 bits per heavy atom. The van der Waals surface area contributed by atoms with Gasteiger partial charge in [-0.1, -0.05) is 20.8 Å². The zero-order valence-electron chi connectivity index (χ0n) is 15.0. The number of β-amino-alcohol motifs (C(OH)–C–C–N with tert-alkyl or cyclic N) is 1. The number of aliphatic hydroxyl groups excluding tert-OH is 1. The van der Waals surface area contributed by atoms with Crippen LogP contribution in [0.5, 0.6) is 0 Å². The van der Waals surface area contributed by atoms with Crippen molar-refractivity contribution in [2.24, 2.45) is 0 Å². The molecule has 1 atom stereocenters. The third-order valence-electron chi connectivity index (χ3n) is 4.88. The molecule has 1 aliphatic rings. The Bertz CT molecular complexity index is 295. The second kappa shape index (κ2) is 8.06. The fourth-order valence-corrected chi connectivity index (χ4v) is 3.49. The summed E-state index contributed by atoms with van der Waals surface area (Å²) in [4.78, 5) is 4.88. The van der Waals surface area contributed by atoms with Crippen LogP contribution in [0.2, 0.25) is 18.1 Å². The Labute approximate surface area is 132 Å². The molecule has 0 aromatic carbocycles. The highest BCUT2D eigenvalue weighted by Crippen LogP contribution is 2.36. The Balaban J connectivity index is 2.15. The van der Waals surface area contributed by atoms with Crippen LogP contribution in [0, 0.1) is 0 Å². The van der Waals surface area contributed by atoms with Gasteiger partial charge in [-0.15, -0.1) is 0 Å². The molecule has 1 heterocycles. The van der Waals surface area contributed by atoms with E-state index in [0.717, 1.165) is 52.3 Å². The molecule has 0 spiro atoms. The van der Waals surface area contributed by atoms with Gasteiger partial charge in [-0.25, -0.2) is 0 Å². The summed E-state index contributed by atoms with van der Waals surface area (Å²) in [6.07, 6.45) is 0.914. The molecule has 1 aliphatic heterocycles. The molecule has 5 heteroatoms. The van der Waals surface area contributed by atoms with Crippen LogP contribution in [0.1, 0.15) is 34.1 Å². The molecule has 4 nitrogen and oxygen atoms in total. The smallest absolute Gasteiger partial charge is 0.191 e. The van der Waals surface area contributed by atoms with Gasteiger partial charge in [-0.05, 0) is 31.5 Å². The molecular formula is C16H36N2O2Si. The zero-order chi connectivity index (χ0) is 16.1. The Hall–Kier alpha value is 0.0569. The van der Waals surface area contributed by atoms with Gasteiger partial charge in [-0.2, -0.15) is 0 Å². The quantitative estimate of drug-likeness (QED) is 0.578. The minimum Gasteiger partial charge on any atom is -0.417 e. The van der Waals surface area contributed by atoms with Crippen LogP contribution < -0.4 is 0 Å². The minimum absolute atomic E-state index is 0.213. The van der Waals surface area contributed by atoms with Crippen molar-refractivity contribution in [2.45, 2.75) is 58.4 Å². The van der Waals surface area contributed by atoms with Crippen LogP contribution in [0.25, 0.3) is 0 Å². The zero-order valence-corrected chi connectivity index (χ0v) is 16.0. The minimum atomic E-state index is -1.58. The van der Waals surface area contributed by atoms with Crippen molar-refractivity contribution in [1.82, 2.24) is 9.80 Å². The summed E-state index contributed by atoms with van der Waals surface area (Å²) in [6.45, 7) is 20.6. The van der Waals surface area contributed by atoms with Gasteiger partial charge in [0.05, 0.1) is 6.10 Å². The fraction of sp³-hybridized carbons (Fsp3) is 1.00. The third kappa shape index (κ3) is 6.78. The summed E-state index contributed by atoms with van der Waals surface area (Å²) in [5, 5.41) is 9.72. The second-order valence-corrected chi connectivity index (χ2v) is 12.8. The number of rotatable bonds is 7. The summed E-state index contributed by atoms with van der Waals surface area (Å²) in [7, 11) is -1.58. The molecule has 21 heavy (non-hydrogen) atoms. The number of aliphatic hydroxyl groups is 1. The van der Waals surface area contributed by atoms with Gasteiger partial charge in [0.2, 0.25) is 0 Å². The predicted octanol–water partition coefficient (Wildman–Crippen LogP) is 2.40. The normalized spacial score (nSPS) is 20.7. The van der Waals surface area contributed by atoms with Crippen LogP contribution in [-0.4, -0.2) is 75.2 Å². The molecule has 0 aromatic heterocycles. The molecular weight excluding hydrogens is 280 g/mol. The predicted molar refractivity (Wildman–Crippen MR) is 92.3 cm³/mol. The summed E-state index contributed by atoms with van der Waals surface area (Å²) >= 11 is 0. The first kappa shape index (κ1) is 19.1. The summed E-state index contributed by atoms with van der Waals surface area (Å²) in [5.41, 5.74) is 0. The van der Waals surface area contributed by atoms with E-state index in [9.17, 15) is 5.11 Å². The van der Waals surface area contributed by atoms with Gasteiger partial charge in [0.15, 0.2) is 8.32 Å². The summed E-state index contributed by atoms with van der Waals surface area (Å²) in [6, 6.07) is 0. The monoisotopic (exact) mass is 316 g/mol. The lowest BCUT2D eigenvalue weighted by Gasteiger charge is -2.37. The molecule has 0 aliphatic carbocycles. The van der Waals surface area contributed by atoms with Gasteiger partial charge in [0.1, 0.15) is 0 Å². The van der Waals surface area contributed by atoms with Crippen LogP contribution >= 0.6 is 0 Å². The highest BCUT2D eigenvalue weighted by molar-refractivity contribution is 6.74. The van der Waals surface area contributed by atoms with Crippen molar-refractivity contribution >= 4 is 8.32 Å².